The van der Waals surface area contributed by atoms with E-state index in [1.54, 1.807) is 18.2 Å². The Morgan fingerprint density at radius 3 is 2.81 bits per heavy atom. The highest BCUT2D eigenvalue weighted by atomic mass is 19.1. The van der Waals surface area contributed by atoms with E-state index in [4.69, 9.17) is 0 Å². The molecule has 1 amide bonds. The van der Waals surface area contributed by atoms with E-state index in [2.05, 4.69) is 10.6 Å². The first-order chi connectivity index (χ1) is 10.1. The van der Waals surface area contributed by atoms with Gasteiger partial charge >= 0.3 is 0 Å². The second kappa shape index (κ2) is 5.52. The summed E-state index contributed by atoms with van der Waals surface area (Å²) >= 11 is 0. The van der Waals surface area contributed by atoms with Crippen LogP contribution in [0, 0.1) is 11.6 Å². The van der Waals surface area contributed by atoms with Gasteiger partial charge in [0, 0.05) is 18.7 Å². The average molecular weight is 288 g/mol. The monoisotopic (exact) mass is 288 g/mol. The molecule has 1 heterocycles. The molecule has 1 aliphatic rings. The van der Waals surface area contributed by atoms with Crippen LogP contribution in [0.1, 0.15) is 17.5 Å². The number of hydrogen-bond acceptors (Lipinski definition) is 2. The van der Waals surface area contributed by atoms with Crippen molar-refractivity contribution in [1.82, 2.24) is 0 Å². The molecule has 0 unspecified atom stereocenters. The highest BCUT2D eigenvalue weighted by molar-refractivity contribution is 5.94. The summed E-state index contributed by atoms with van der Waals surface area (Å²) in [5, 5.41) is 5.66. The Bertz CT molecular complexity index is 701. The highest BCUT2D eigenvalue weighted by Crippen LogP contribution is 2.28. The Hall–Kier alpha value is -2.43. The number of carbonyl (C=O) groups is 1. The smallest absolute Gasteiger partial charge is 0.224 e. The van der Waals surface area contributed by atoms with Gasteiger partial charge in [-0.1, -0.05) is 12.1 Å². The molecule has 3 nitrogen and oxygen atoms in total. The Kier molecular flexibility index (Phi) is 3.56. The lowest BCUT2D eigenvalue weighted by molar-refractivity contribution is -0.116. The van der Waals surface area contributed by atoms with Crippen molar-refractivity contribution in [1.29, 1.82) is 0 Å². The van der Waals surface area contributed by atoms with Crippen LogP contribution in [-0.4, -0.2) is 5.91 Å². The van der Waals surface area contributed by atoms with Crippen LogP contribution in [-0.2, 0) is 17.8 Å². The van der Waals surface area contributed by atoms with Crippen molar-refractivity contribution >= 4 is 17.3 Å². The summed E-state index contributed by atoms with van der Waals surface area (Å²) in [6.07, 6.45) is 0.921. The van der Waals surface area contributed by atoms with Crippen LogP contribution in [0.25, 0.3) is 0 Å². The lowest BCUT2D eigenvalue weighted by Crippen LogP contribution is -2.19. The zero-order valence-electron chi connectivity index (χ0n) is 11.2. The molecule has 2 aromatic rings. The maximum Gasteiger partial charge on any atom is 0.224 e. The molecule has 0 fully saturated rings. The standard InChI is InChI=1S/C16H14F2N2O/c17-12-3-1-2-10(6-12)9-19-15-8-14-11(7-13(15)18)4-5-16(21)20-14/h1-3,6-8,19H,4-5,9H2,(H,20,21). The Balaban J connectivity index is 1.79. The van der Waals surface area contributed by atoms with E-state index in [-0.39, 0.29) is 17.5 Å². The van der Waals surface area contributed by atoms with Crippen LogP contribution < -0.4 is 10.6 Å². The van der Waals surface area contributed by atoms with Crippen molar-refractivity contribution in [2.24, 2.45) is 0 Å². The van der Waals surface area contributed by atoms with Crippen LogP contribution in [0.4, 0.5) is 20.2 Å². The van der Waals surface area contributed by atoms with Gasteiger partial charge < -0.3 is 10.6 Å². The molecular formula is C16H14F2N2O. The van der Waals surface area contributed by atoms with E-state index in [0.717, 1.165) is 11.1 Å². The van der Waals surface area contributed by atoms with Crippen molar-refractivity contribution in [2.45, 2.75) is 19.4 Å². The fraction of sp³-hybridized carbons (Fsp3) is 0.188. The minimum absolute atomic E-state index is 0.0646. The van der Waals surface area contributed by atoms with Crippen LogP contribution in [0.15, 0.2) is 36.4 Å². The van der Waals surface area contributed by atoms with Gasteiger partial charge in [0.25, 0.3) is 0 Å². The first kappa shape index (κ1) is 13.5. The van der Waals surface area contributed by atoms with Crippen molar-refractivity contribution in [3.63, 3.8) is 0 Å². The molecule has 108 valence electrons. The summed E-state index contributed by atoms with van der Waals surface area (Å²) in [5.41, 5.74) is 2.44. The minimum Gasteiger partial charge on any atom is -0.379 e. The van der Waals surface area contributed by atoms with Crippen LogP contribution in [0.3, 0.4) is 0 Å². The summed E-state index contributed by atoms with van der Waals surface area (Å²) in [5.74, 6) is -0.765. The van der Waals surface area contributed by atoms with Gasteiger partial charge in [-0.05, 0) is 41.8 Å². The molecule has 0 aromatic heterocycles. The Labute approximate surface area is 121 Å². The molecule has 5 heteroatoms. The van der Waals surface area contributed by atoms with Gasteiger partial charge in [-0.3, -0.25) is 4.79 Å². The van der Waals surface area contributed by atoms with E-state index in [0.29, 0.717) is 30.8 Å². The maximum absolute atomic E-state index is 14.0. The number of hydrogen-bond donors (Lipinski definition) is 2. The van der Waals surface area contributed by atoms with E-state index in [1.807, 2.05) is 0 Å². The second-order valence-corrected chi connectivity index (χ2v) is 5.02. The Morgan fingerprint density at radius 1 is 1.14 bits per heavy atom. The van der Waals surface area contributed by atoms with Crippen molar-refractivity contribution in [3.05, 3.63) is 59.2 Å². The molecule has 0 spiro atoms. The predicted molar refractivity (Wildman–Crippen MR) is 77.1 cm³/mol. The minimum atomic E-state index is -0.374. The zero-order chi connectivity index (χ0) is 14.8. The molecule has 2 aromatic carbocycles. The van der Waals surface area contributed by atoms with Crippen LogP contribution in [0.5, 0.6) is 0 Å². The zero-order valence-corrected chi connectivity index (χ0v) is 11.2. The predicted octanol–water partition coefficient (Wildman–Crippen LogP) is 3.46. The molecule has 0 atom stereocenters. The first-order valence-electron chi connectivity index (χ1n) is 6.72. The van der Waals surface area contributed by atoms with Gasteiger partial charge in [0.05, 0.1) is 5.69 Å². The molecule has 0 radical (unpaired) electrons. The van der Waals surface area contributed by atoms with E-state index >= 15 is 0 Å². The topological polar surface area (TPSA) is 41.1 Å². The lowest BCUT2D eigenvalue weighted by atomic mass is 10.0. The number of nitrogens with one attached hydrogen (secondary N) is 2. The van der Waals surface area contributed by atoms with E-state index < -0.39 is 0 Å². The molecular weight excluding hydrogens is 274 g/mol. The summed E-state index contributed by atoms with van der Waals surface area (Å²) in [6.45, 7) is 0.307. The fourth-order valence-corrected chi connectivity index (χ4v) is 2.38. The number of rotatable bonds is 3. The molecule has 1 aliphatic heterocycles. The summed E-state index contributed by atoms with van der Waals surface area (Å²) in [7, 11) is 0. The van der Waals surface area contributed by atoms with Gasteiger partial charge in [0.15, 0.2) is 0 Å². The largest absolute Gasteiger partial charge is 0.379 e. The fourth-order valence-electron chi connectivity index (χ4n) is 2.38. The Morgan fingerprint density at radius 2 is 2.00 bits per heavy atom. The van der Waals surface area contributed by atoms with Crippen molar-refractivity contribution in [2.75, 3.05) is 10.6 Å². The molecule has 3 rings (SSSR count). The quantitative estimate of drug-likeness (QED) is 0.908. The second-order valence-electron chi connectivity index (χ2n) is 5.02. The van der Waals surface area contributed by atoms with Gasteiger partial charge in [-0.15, -0.1) is 0 Å². The van der Waals surface area contributed by atoms with Gasteiger partial charge in [0.2, 0.25) is 5.91 Å². The maximum atomic E-state index is 14.0. The summed E-state index contributed by atoms with van der Waals surface area (Å²) in [6, 6.07) is 9.14. The number of carbonyl (C=O) groups excluding carboxylic acids is 1. The first-order valence-corrected chi connectivity index (χ1v) is 6.72. The molecule has 2 N–H and O–H groups in total. The number of amides is 1. The third kappa shape index (κ3) is 3.02. The number of benzene rings is 2. The third-order valence-corrected chi connectivity index (χ3v) is 3.46. The van der Waals surface area contributed by atoms with Crippen LogP contribution >= 0.6 is 0 Å². The number of anilines is 2. The van der Waals surface area contributed by atoms with Crippen molar-refractivity contribution in [3.8, 4) is 0 Å². The lowest BCUT2D eigenvalue weighted by Gasteiger charge is -2.19. The SMILES string of the molecule is O=C1CCc2cc(F)c(NCc3cccc(F)c3)cc2N1. The number of fused-ring (bicyclic) bond motifs is 1. The van der Waals surface area contributed by atoms with Crippen LogP contribution in [0.2, 0.25) is 0 Å². The van der Waals surface area contributed by atoms with Crippen molar-refractivity contribution < 1.29 is 13.6 Å². The van der Waals surface area contributed by atoms with Gasteiger partial charge in [-0.25, -0.2) is 8.78 Å². The van der Waals surface area contributed by atoms with E-state index in [1.165, 1.54) is 18.2 Å². The molecule has 0 saturated carbocycles. The summed E-state index contributed by atoms with van der Waals surface area (Å²) in [4.78, 5) is 11.4. The number of aryl methyl sites for hydroxylation is 1. The molecule has 21 heavy (non-hydrogen) atoms. The van der Waals surface area contributed by atoms with E-state index in [9.17, 15) is 13.6 Å². The molecule has 0 bridgehead atoms. The normalized spacial score (nSPS) is 13.5. The third-order valence-electron chi connectivity index (χ3n) is 3.46. The van der Waals surface area contributed by atoms with Gasteiger partial charge in [-0.2, -0.15) is 0 Å². The molecule has 0 aliphatic carbocycles. The number of halogens is 2. The average Bonchev–Trinajstić information content (AvgIpc) is 2.45. The molecule has 0 saturated heterocycles. The summed E-state index contributed by atoms with van der Waals surface area (Å²) < 4.78 is 27.1. The highest BCUT2D eigenvalue weighted by Gasteiger charge is 2.17. The van der Waals surface area contributed by atoms with Gasteiger partial charge in [0.1, 0.15) is 11.6 Å².